The van der Waals surface area contributed by atoms with Gasteiger partial charge in [-0.1, -0.05) is 18.2 Å². The first-order chi connectivity index (χ1) is 8.81. The van der Waals surface area contributed by atoms with Crippen molar-refractivity contribution in [2.75, 3.05) is 11.4 Å². The molecule has 1 aromatic heterocycles. The van der Waals surface area contributed by atoms with Crippen LogP contribution in [0.25, 0.3) is 6.08 Å². The molecule has 18 heavy (non-hydrogen) atoms. The predicted octanol–water partition coefficient (Wildman–Crippen LogP) is 3.81. The van der Waals surface area contributed by atoms with E-state index < -0.39 is 0 Å². The number of carbonyl (C=O) groups is 1. The number of anilines is 1. The Morgan fingerprint density at radius 2 is 2.06 bits per heavy atom. The Kier molecular flexibility index (Phi) is 4.31. The van der Waals surface area contributed by atoms with Crippen molar-refractivity contribution in [1.82, 2.24) is 0 Å². The summed E-state index contributed by atoms with van der Waals surface area (Å²) in [6.45, 7) is 2.64. The van der Waals surface area contributed by atoms with Crippen molar-refractivity contribution in [2.45, 2.75) is 6.92 Å². The van der Waals surface area contributed by atoms with Gasteiger partial charge in [-0.25, -0.2) is 0 Å². The van der Waals surface area contributed by atoms with E-state index in [2.05, 4.69) is 0 Å². The maximum atomic E-state index is 12.1. The van der Waals surface area contributed by atoms with Gasteiger partial charge in [0, 0.05) is 18.3 Å². The van der Waals surface area contributed by atoms with Gasteiger partial charge in [0.1, 0.15) is 0 Å². The van der Waals surface area contributed by atoms with Crippen molar-refractivity contribution in [3.63, 3.8) is 0 Å². The number of rotatable bonds is 4. The zero-order chi connectivity index (χ0) is 12.8. The van der Waals surface area contributed by atoms with Crippen LogP contribution in [0.15, 0.2) is 53.2 Å². The second-order valence-corrected chi connectivity index (χ2v) is 4.59. The van der Waals surface area contributed by atoms with Gasteiger partial charge in [-0.3, -0.25) is 4.79 Å². The van der Waals surface area contributed by atoms with E-state index in [4.69, 9.17) is 0 Å². The normalized spacial score (nSPS) is 10.7. The van der Waals surface area contributed by atoms with Gasteiger partial charge in [0.2, 0.25) is 0 Å². The monoisotopic (exact) mass is 257 g/mol. The van der Waals surface area contributed by atoms with Crippen LogP contribution in [-0.4, -0.2) is 12.5 Å². The van der Waals surface area contributed by atoms with Gasteiger partial charge in [-0.2, -0.15) is 11.3 Å². The number of benzene rings is 1. The molecule has 0 fully saturated rings. The van der Waals surface area contributed by atoms with Crippen LogP contribution in [-0.2, 0) is 4.79 Å². The molecule has 0 unspecified atom stereocenters. The molecule has 2 rings (SSSR count). The minimum atomic E-state index is 0.00917. The molecular formula is C15H15NOS. The Labute approximate surface area is 111 Å². The third-order valence-electron chi connectivity index (χ3n) is 2.61. The molecule has 92 valence electrons. The minimum absolute atomic E-state index is 0.00917. The summed E-state index contributed by atoms with van der Waals surface area (Å²) >= 11 is 1.63. The SMILES string of the molecule is CCN(C(=O)/C=C/c1ccsc1)c1ccccc1. The summed E-state index contributed by atoms with van der Waals surface area (Å²) in [6.07, 6.45) is 3.48. The first-order valence-corrected chi connectivity index (χ1v) is 6.82. The molecule has 0 atom stereocenters. The smallest absolute Gasteiger partial charge is 0.250 e. The number of carbonyl (C=O) groups excluding carboxylic acids is 1. The van der Waals surface area contributed by atoms with E-state index in [-0.39, 0.29) is 5.91 Å². The molecule has 0 aliphatic carbocycles. The van der Waals surface area contributed by atoms with E-state index in [9.17, 15) is 4.79 Å². The number of hydrogen-bond acceptors (Lipinski definition) is 2. The van der Waals surface area contributed by atoms with Gasteiger partial charge in [0.25, 0.3) is 5.91 Å². The van der Waals surface area contributed by atoms with Gasteiger partial charge in [-0.15, -0.1) is 0 Å². The lowest BCUT2D eigenvalue weighted by atomic mass is 10.2. The number of thiophene rings is 1. The molecular weight excluding hydrogens is 242 g/mol. The summed E-state index contributed by atoms with van der Waals surface area (Å²) in [7, 11) is 0. The predicted molar refractivity (Wildman–Crippen MR) is 77.8 cm³/mol. The van der Waals surface area contributed by atoms with E-state index in [0.29, 0.717) is 6.54 Å². The van der Waals surface area contributed by atoms with Crippen LogP contribution >= 0.6 is 11.3 Å². The Morgan fingerprint density at radius 3 is 2.67 bits per heavy atom. The zero-order valence-corrected chi connectivity index (χ0v) is 11.1. The maximum Gasteiger partial charge on any atom is 0.250 e. The lowest BCUT2D eigenvalue weighted by Gasteiger charge is -2.18. The summed E-state index contributed by atoms with van der Waals surface area (Å²) < 4.78 is 0. The van der Waals surface area contributed by atoms with Crippen LogP contribution < -0.4 is 4.90 Å². The van der Waals surface area contributed by atoms with Crippen LogP contribution in [0.1, 0.15) is 12.5 Å². The van der Waals surface area contributed by atoms with Crippen molar-refractivity contribution in [1.29, 1.82) is 0 Å². The molecule has 2 nitrogen and oxygen atoms in total. The number of amides is 1. The lowest BCUT2D eigenvalue weighted by Crippen LogP contribution is -2.28. The summed E-state index contributed by atoms with van der Waals surface area (Å²) in [5.74, 6) is 0.00917. The molecule has 0 spiro atoms. The highest BCUT2D eigenvalue weighted by Crippen LogP contribution is 2.14. The third kappa shape index (κ3) is 3.08. The number of hydrogen-bond donors (Lipinski definition) is 0. The van der Waals surface area contributed by atoms with Crippen molar-refractivity contribution in [3.8, 4) is 0 Å². The molecule has 0 aliphatic heterocycles. The highest BCUT2D eigenvalue weighted by Gasteiger charge is 2.09. The fourth-order valence-electron chi connectivity index (χ4n) is 1.70. The van der Waals surface area contributed by atoms with E-state index in [0.717, 1.165) is 11.3 Å². The molecule has 0 radical (unpaired) electrons. The van der Waals surface area contributed by atoms with Gasteiger partial charge in [-0.05, 0) is 47.5 Å². The molecule has 3 heteroatoms. The zero-order valence-electron chi connectivity index (χ0n) is 10.2. The highest BCUT2D eigenvalue weighted by atomic mass is 32.1. The van der Waals surface area contributed by atoms with Crippen molar-refractivity contribution in [3.05, 3.63) is 58.8 Å². The van der Waals surface area contributed by atoms with Gasteiger partial charge in [0.05, 0.1) is 0 Å². The maximum absolute atomic E-state index is 12.1. The Balaban J connectivity index is 2.11. The molecule has 2 aromatic rings. The molecule has 1 aromatic carbocycles. The van der Waals surface area contributed by atoms with Crippen molar-refractivity contribution < 1.29 is 4.79 Å². The van der Waals surface area contributed by atoms with Crippen LogP contribution in [0.5, 0.6) is 0 Å². The lowest BCUT2D eigenvalue weighted by molar-refractivity contribution is -0.114. The minimum Gasteiger partial charge on any atom is -0.309 e. The fourth-order valence-corrected chi connectivity index (χ4v) is 2.33. The van der Waals surface area contributed by atoms with E-state index in [1.54, 1.807) is 22.3 Å². The summed E-state index contributed by atoms with van der Waals surface area (Å²) in [5.41, 5.74) is 2.00. The van der Waals surface area contributed by atoms with Crippen molar-refractivity contribution in [2.24, 2.45) is 0 Å². The second-order valence-electron chi connectivity index (χ2n) is 3.81. The van der Waals surface area contributed by atoms with Gasteiger partial charge < -0.3 is 4.90 Å². The Bertz CT molecular complexity index is 517. The van der Waals surface area contributed by atoms with E-state index in [1.165, 1.54) is 0 Å². The van der Waals surface area contributed by atoms with Crippen LogP contribution in [0.4, 0.5) is 5.69 Å². The number of para-hydroxylation sites is 1. The van der Waals surface area contributed by atoms with E-state index in [1.807, 2.05) is 60.2 Å². The average Bonchev–Trinajstić information content (AvgIpc) is 2.92. The number of nitrogens with zero attached hydrogens (tertiary/aromatic N) is 1. The Morgan fingerprint density at radius 1 is 1.28 bits per heavy atom. The summed E-state index contributed by atoms with van der Waals surface area (Å²) in [5, 5.41) is 4.02. The molecule has 1 amide bonds. The topological polar surface area (TPSA) is 20.3 Å². The Hall–Kier alpha value is -1.87. The average molecular weight is 257 g/mol. The van der Waals surface area contributed by atoms with Crippen LogP contribution in [0, 0.1) is 0 Å². The molecule has 0 saturated carbocycles. The highest BCUT2D eigenvalue weighted by molar-refractivity contribution is 7.08. The molecule has 1 heterocycles. The first kappa shape index (κ1) is 12.6. The summed E-state index contributed by atoms with van der Waals surface area (Å²) in [4.78, 5) is 13.9. The second kappa shape index (κ2) is 6.17. The molecule has 0 bridgehead atoms. The molecule has 0 saturated heterocycles. The third-order valence-corrected chi connectivity index (χ3v) is 3.31. The van der Waals surface area contributed by atoms with Gasteiger partial charge in [0.15, 0.2) is 0 Å². The number of likely N-dealkylation sites (N-methyl/N-ethyl adjacent to an activating group) is 1. The molecule has 0 N–H and O–H groups in total. The van der Waals surface area contributed by atoms with E-state index >= 15 is 0 Å². The largest absolute Gasteiger partial charge is 0.309 e. The van der Waals surface area contributed by atoms with Crippen molar-refractivity contribution >= 4 is 29.0 Å². The molecule has 0 aliphatic rings. The standard InChI is InChI=1S/C15H15NOS/c1-2-16(14-6-4-3-5-7-14)15(17)9-8-13-10-11-18-12-13/h3-12H,2H2,1H3/b9-8+. The quantitative estimate of drug-likeness (QED) is 0.763. The fraction of sp³-hybridized carbons (Fsp3) is 0.133. The summed E-state index contributed by atoms with van der Waals surface area (Å²) in [6, 6.07) is 11.7. The van der Waals surface area contributed by atoms with Gasteiger partial charge >= 0.3 is 0 Å². The first-order valence-electron chi connectivity index (χ1n) is 5.88. The van der Waals surface area contributed by atoms with Crippen LogP contribution in [0.2, 0.25) is 0 Å². The van der Waals surface area contributed by atoms with Crippen LogP contribution in [0.3, 0.4) is 0 Å².